The molecule has 108 valence electrons. The molecule has 0 amide bonds. The van der Waals surface area contributed by atoms with Crippen LogP contribution in [0.25, 0.3) is 0 Å². The second-order valence-corrected chi connectivity index (χ2v) is 3.83. The van der Waals surface area contributed by atoms with Gasteiger partial charge >= 0.3 is 12.5 Å². The molecular weight excluding hydrogens is 348 g/mol. The fourth-order valence-electron chi connectivity index (χ4n) is 1.33. The van der Waals surface area contributed by atoms with E-state index in [0.29, 0.717) is 0 Å². The Bertz CT molecular complexity index is 459. The minimum Gasteiger partial charge on any atom is -0.391 e. The number of pyridine rings is 1. The molecule has 0 atom stereocenters. The van der Waals surface area contributed by atoms with Crippen LogP contribution in [0.5, 0.6) is 5.88 Å². The van der Waals surface area contributed by atoms with E-state index in [-0.39, 0.29) is 6.20 Å². The molecule has 0 radical (unpaired) electrons. The first-order chi connectivity index (χ1) is 8.60. The number of hydrogen-bond acceptors (Lipinski definition) is 3. The zero-order valence-corrected chi connectivity index (χ0v) is 10.5. The number of ether oxygens (including phenoxy) is 1. The molecule has 1 rings (SSSR count). The molecule has 1 aromatic rings. The summed E-state index contributed by atoms with van der Waals surface area (Å²) in [5, 5.41) is 8.53. The Kier molecular flexibility index (Phi) is 4.67. The minimum atomic E-state index is -5.11. The van der Waals surface area contributed by atoms with Crippen LogP contribution in [0.3, 0.4) is 0 Å². The monoisotopic (exact) mass is 353 g/mol. The van der Waals surface area contributed by atoms with E-state index < -0.39 is 47.0 Å². The van der Waals surface area contributed by atoms with Crippen LogP contribution in [0.2, 0.25) is 0 Å². The molecule has 0 aliphatic rings. The topological polar surface area (TPSA) is 42.4 Å². The van der Waals surface area contributed by atoms with Gasteiger partial charge in [0, 0.05) is 17.1 Å². The first-order valence-electron chi connectivity index (χ1n) is 4.60. The number of rotatable bonds is 3. The summed E-state index contributed by atoms with van der Waals surface area (Å²) >= 11 is 2.73. The third-order valence-electron chi connectivity index (χ3n) is 2.07. The Balaban J connectivity index is 3.39. The Labute approximate surface area is 111 Å². The SMILES string of the molecule is OCc1c(OC(F)(F)F)ncc(C(F)(F)F)c1CBr. The van der Waals surface area contributed by atoms with Gasteiger partial charge in [0.15, 0.2) is 0 Å². The quantitative estimate of drug-likeness (QED) is 0.669. The van der Waals surface area contributed by atoms with E-state index in [9.17, 15) is 26.3 Å². The summed E-state index contributed by atoms with van der Waals surface area (Å²) in [6, 6.07) is 0. The highest BCUT2D eigenvalue weighted by molar-refractivity contribution is 9.08. The van der Waals surface area contributed by atoms with E-state index in [0.717, 1.165) is 0 Å². The number of aliphatic hydroxyl groups is 1. The maximum Gasteiger partial charge on any atom is 0.574 e. The summed E-state index contributed by atoms with van der Waals surface area (Å²) in [7, 11) is 0. The number of halogens is 7. The lowest BCUT2D eigenvalue weighted by Crippen LogP contribution is -2.21. The zero-order chi connectivity index (χ0) is 14.8. The third kappa shape index (κ3) is 3.96. The normalized spacial score (nSPS) is 12.6. The van der Waals surface area contributed by atoms with Crippen molar-refractivity contribution in [1.29, 1.82) is 0 Å². The molecular formula is C9H6BrF6NO2. The molecule has 0 saturated carbocycles. The number of alkyl halides is 7. The second-order valence-electron chi connectivity index (χ2n) is 3.27. The van der Waals surface area contributed by atoms with Crippen molar-refractivity contribution in [3.63, 3.8) is 0 Å². The molecule has 0 aromatic carbocycles. The number of nitrogens with zero attached hydrogens (tertiary/aromatic N) is 1. The molecule has 10 heteroatoms. The molecule has 0 aliphatic carbocycles. The van der Waals surface area contributed by atoms with Crippen molar-refractivity contribution in [3.8, 4) is 5.88 Å². The van der Waals surface area contributed by atoms with Gasteiger partial charge in [0.1, 0.15) is 0 Å². The van der Waals surface area contributed by atoms with Crippen molar-refractivity contribution in [1.82, 2.24) is 4.98 Å². The van der Waals surface area contributed by atoms with E-state index in [4.69, 9.17) is 5.11 Å². The van der Waals surface area contributed by atoms with E-state index in [1.165, 1.54) is 0 Å². The number of aromatic nitrogens is 1. The Morgan fingerprint density at radius 2 is 1.74 bits per heavy atom. The Morgan fingerprint density at radius 3 is 2.11 bits per heavy atom. The predicted octanol–water partition coefficient (Wildman–Crippen LogP) is 3.39. The Hall–Kier alpha value is -1.03. The highest BCUT2D eigenvalue weighted by Gasteiger charge is 2.38. The van der Waals surface area contributed by atoms with E-state index in [1.807, 2.05) is 0 Å². The van der Waals surface area contributed by atoms with Crippen LogP contribution in [0.15, 0.2) is 6.20 Å². The van der Waals surface area contributed by atoms with Crippen LogP contribution in [-0.4, -0.2) is 16.5 Å². The molecule has 0 unspecified atom stereocenters. The molecule has 1 N–H and O–H groups in total. The summed E-state index contributed by atoms with van der Waals surface area (Å²) in [6.07, 6.45) is -9.67. The van der Waals surface area contributed by atoms with Gasteiger partial charge in [0.2, 0.25) is 5.88 Å². The lowest BCUT2D eigenvalue weighted by atomic mass is 10.1. The first kappa shape index (κ1) is 16.0. The predicted molar refractivity (Wildman–Crippen MR) is 54.5 cm³/mol. The van der Waals surface area contributed by atoms with Crippen LogP contribution < -0.4 is 4.74 Å². The largest absolute Gasteiger partial charge is 0.574 e. The van der Waals surface area contributed by atoms with Crippen LogP contribution >= 0.6 is 15.9 Å². The van der Waals surface area contributed by atoms with Crippen LogP contribution in [0, 0.1) is 0 Å². The highest BCUT2D eigenvalue weighted by Crippen LogP contribution is 2.37. The molecule has 0 spiro atoms. The van der Waals surface area contributed by atoms with Gasteiger partial charge in [-0.1, -0.05) is 15.9 Å². The fraction of sp³-hybridized carbons (Fsp3) is 0.444. The molecule has 0 bridgehead atoms. The van der Waals surface area contributed by atoms with Gasteiger partial charge in [-0.25, -0.2) is 4.98 Å². The van der Waals surface area contributed by atoms with Gasteiger partial charge in [-0.05, 0) is 5.56 Å². The van der Waals surface area contributed by atoms with E-state index >= 15 is 0 Å². The summed E-state index contributed by atoms with van der Waals surface area (Å²) in [4.78, 5) is 2.97. The number of hydrogen-bond donors (Lipinski definition) is 1. The third-order valence-corrected chi connectivity index (χ3v) is 2.63. The lowest BCUT2D eigenvalue weighted by Gasteiger charge is -2.17. The molecule has 0 saturated heterocycles. The molecule has 1 aromatic heterocycles. The fourth-order valence-corrected chi connectivity index (χ4v) is 1.97. The van der Waals surface area contributed by atoms with Gasteiger partial charge in [-0.15, -0.1) is 13.2 Å². The molecule has 0 fully saturated rings. The first-order valence-corrected chi connectivity index (χ1v) is 5.72. The number of aliphatic hydroxyl groups excluding tert-OH is 1. The summed E-state index contributed by atoms with van der Waals surface area (Å²) in [6.45, 7) is -1.07. The average Bonchev–Trinajstić information content (AvgIpc) is 2.24. The smallest absolute Gasteiger partial charge is 0.391 e. The van der Waals surface area contributed by atoms with Crippen molar-refractivity contribution in [3.05, 3.63) is 22.9 Å². The van der Waals surface area contributed by atoms with Gasteiger partial charge in [0.25, 0.3) is 0 Å². The molecule has 19 heavy (non-hydrogen) atoms. The maximum atomic E-state index is 12.6. The van der Waals surface area contributed by atoms with Crippen LogP contribution in [-0.2, 0) is 18.1 Å². The average molecular weight is 354 g/mol. The van der Waals surface area contributed by atoms with Gasteiger partial charge in [-0.2, -0.15) is 13.2 Å². The van der Waals surface area contributed by atoms with E-state index in [1.54, 1.807) is 0 Å². The van der Waals surface area contributed by atoms with Gasteiger partial charge < -0.3 is 9.84 Å². The van der Waals surface area contributed by atoms with Crippen molar-refractivity contribution < 1.29 is 36.2 Å². The lowest BCUT2D eigenvalue weighted by molar-refractivity contribution is -0.276. The highest BCUT2D eigenvalue weighted by atomic mass is 79.9. The van der Waals surface area contributed by atoms with Crippen molar-refractivity contribution in [2.75, 3.05) is 0 Å². The minimum absolute atomic E-state index is 0.233. The van der Waals surface area contributed by atoms with E-state index in [2.05, 4.69) is 25.7 Å². The zero-order valence-electron chi connectivity index (χ0n) is 8.94. The second kappa shape index (κ2) is 5.53. The molecule has 3 nitrogen and oxygen atoms in total. The van der Waals surface area contributed by atoms with Crippen LogP contribution in [0.4, 0.5) is 26.3 Å². The standard InChI is InChI=1S/C9H6BrF6NO2/c10-1-4-5(3-18)7(19-9(14,15)16)17-2-6(4)8(11,12)13/h2,18H,1,3H2. The molecule has 1 heterocycles. The summed E-state index contributed by atoms with van der Waals surface area (Å²) in [5.74, 6) is -1.10. The molecule has 0 aliphatic heterocycles. The van der Waals surface area contributed by atoms with Crippen molar-refractivity contribution in [2.45, 2.75) is 24.5 Å². The maximum absolute atomic E-state index is 12.6. The Morgan fingerprint density at radius 1 is 1.16 bits per heavy atom. The summed E-state index contributed by atoms with van der Waals surface area (Å²) < 4.78 is 77.5. The van der Waals surface area contributed by atoms with Crippen molar-refractivity contribution >= 4 is 15.9 Å². The van der Waals surface area contributed by atoms with Gasteiger partial charge in [0.05, 0.1) is 12.2 Å². The van der Waals surface area contributed by atoms with Gasteiger partial charge in [-0.3, -0.25) is 0 Å². The van der Waals surface area contributed by atoms with Crippen molar-refractivity contribution in [2.24, 2.45) is 0 Å². The summed E-state index contributed by atoms with van der Waals surface area (Å²) in [5.41, 5.74) is -2.45. The van der Waals surface area contributed by atoms with Crippen LogP contribution in [0.1, 0.15) is 16.7 Å².